The van der Waals surface area contributed by atoms with Crippen LogP contribution in [0.25, 0.3) is 22.3 Å². The Morgan fingerprint density at radius 3 is 2.70 bits per heavy atom. The number of fused-ring (bicyclic) bond motifs is 1. The average Bonchev–Trinajstić information content (AvgIpc) is 3.21. The number of nitrogens with zero attached hydrogens (tertiary/aromatic N) is 2. The Morgan fingerprint density at radius 2 is 1.93 bits per heavy atom. The molecule has 0 spiro atoms. The van der Waals surface area contributed by atoms with Crippen LogP contribution in [-0.2, 0) is 17.6 Å². The number of hydrogen-bond donors (Lipinski definition) is 2. The highest BCUT2D eigenvalue weighted by molar-refractivity contribution is 5.90. The molecule has 0 radical (unpaired) electrons. The van der Waals surface area contributed by atoms with Gasteiger partial charge >= 0.3 is 0 Å². The minimum absolute atomic E-state index is 0.141. The lowest BCUT2D eigenvalue weighted by molar-refractivity contribution is -0.116. The summed E-state index contributed by atoms with van der Waals surface area (Å²) in [6, 6.07) is 15.3. The second kappa shape index (κ2) is 8.32. The van der Waals surface area contributed by atoms with Crippen LogP contribution in [0.2, 0.25) is 0 Å². The van der Waals surface area contributed by atoms with Crippen LogP contribution in [0.5, 0.6) is 0 Å². The van der Waals surface area contributed by atoms with Crippen LogP contribution in [-0.4, -0.2) is 21.0 Å². The zero-order chi connectivity index (χ0) is 21.1. The number of rotatable bonds is 6. The van der Waals surface area contributed by atoms with Crippen molar-refractivity contribution in [1.29, 1.82) is 0 Å². The molecule has 0 aliphatic carbocycles. The van der Waals surface area contributed by atoms with Crippen molar-refractivity contribution in [2.24, 2.45) is 0 Å². The topological polar surface area (TPSA) is 101 Å². The highest BCUT2D eigenvalue weighted by Crippen LogP contribution is 2.19. The van der Waals surface area contributed by atoms with Gasteiger partial charge in [0.2, 0.25) is 17.6 Å². The first-order valence-electron chi connectivity index (χ1n) is 9.87. The van der Waals surface area contributed by atoms with Gasteiger partial charge in [-0.15, -0.1) is 0 Å². The summed E-state index contributed by atoms with van der Waals surface area (Å²) in [5, 5.41) is 7.67. The molecule has 2 N–H and O–H groups in total. The molecule has 0 aliphatic heterocycles. The van der Waals surface area contributed by atoms with Gasteiger partial charge in [0.15, 0.2) is 0 Å². The van der Waals surface area contributed by atoms with Crippen molar-refractivity contribution in [1.82, 2.24) is 15.1 Å². The van der Waals surface area contributed by atoms with Crippen molar-refractivity contribution >= 4 is 22.5 Å². The van der Waals surface area contributed by atoms with Gasteiger partial charge < -0.3 is 14.8 Å². The Morgan fingerprint density at radius 1 is 1.13 bits per heavy atom. The first kappa shape index (κ1) is 19.6. The Kier molecular flexibility index (Phi) is 5.43. The fourth-order valence-electron chi connectivity index (χ4n) is 3.23. The summed E-state index contributed by atoms with van der Waals surface area (Å²) in [4.78, 5) is 31.7. The van der Waals surface area contributed by atoms with E-state index in [1.54, 1.807) is 6.07 Å². The standard InChI is InChI=1S/C23H22N4O3/c1-3-15-5-7-17(8-6-15)24-20(28)10-11-21-26-22(27-30-21)18-13-16-12-14(2)4-9-19(16)25-23(18)29/h4-9,12-13H,3,10-11H2,1-2H3,(H,24,28)(H,25,29). The predicted molar refractivity (Wildman–Crippen MR) is 115 cm³/mol. The second-order valence-electron chi connectivity index (χ2n) is 7.21. The number of pyridine rings is 1. The summed E-state index contributed by atoms with van der Waals surface area (Å²) in [7, 11) is 0. The first-order valence-corrected chi connectivity index (χ1v) is 9.87. The summed E-state index contributed by atoms with van der Waals surface area (Å²) < 4.78 is 5.25. The largest absolute Gasteiger partial charge is 0.339 e. The molecule has 2 aromatic carbocycles. The van der Waals surface area contributed by atoms with E-state index >= 15 is 0 Å². The normalized spacial score (nSPS) is 11.0. The Bertz CT molecular complexity index is 1260. The number of aromatic amines is 1. The second-order valence-corrected chi connectivity index (χ2v) is 7.21. The monoisotopic (exact) mass is 402 g/mol. The van der Waals surface area contributed by atoms with Gasteiger partial charge in [-0.2, -0.15) is 4.98 Å². The smallest absolute Gasteiger partial charge is 0.259 e. The number of H-pyrrole nitrogens is 1. The van der Waals surface area contributed by atoms with E-state index in [2.05, 4.69) is 27.4 Å². The van der Waals surface area contributed by atoms with Crippen LogP contribution in [0.4, 0.5) is 5.69 Å². The molecule has 0 unspecified atom stereocenters. The third-order valence-electron chi connectivity index (χ3n) is 4.92. The van der Waals surface area contributed by atoms with E-state index in [1.807, 2.05) is 49.4 Å². The molecular weight excluding hydrogens is 380 g/mol. The zero-order valence-electron chi connectivity index (χ0n) is 16.9. The van der Waals surface area contributed by atoms with Crippen LogP contribution in [0.15, 0.2) is 57.8 Å². The van der Waals surface area contributed by atoms with Crippen LogP contribution < -0.4 is 10.9 Å². The van der Waals surface area contributed by atoms with Gasteiger partial charge in [-0.1, -0.05) is 35.8 Å². The molecule has 0 saturated heterocycles. The van der Waals surface area contributed by atoms with Crippen molar-refractivity contribution in [2.45, 2.75) is 33.1 Å². The molecule has 1 amide bonds. The summed E-state index contributed by atoms with van der Waals surface area (Å²) >= 11 is 0. The van der Waals surface area contributed by atoms with Gasteiger partial charge in [-0.3, -0.25) is 9.59 Å². The fourth-order valence-corrected chi connectivity index (χ4v) is 3.23. The number of aromatic nitrogens is 3. The molecule has 0 atom stereocenters. The van der Waals surface area contributed by atoms with E-state index in [-0.39, 0.29) is 30.1 Å². The van der Waals surface area contributed by atoms with Gasteiger partial charge in [-0.25, -0.2) is 0 Å². The summed E-state index contributed by atoms with van der Waals surface area (Å²) in [5.74, 6) is 0.383. The molecule has 7 nitrogen and oxygen atoms in total. The summed E-state index contributed by atoms with van der Waals surface area (Å²) in [6.07, 6.45) is 1.44. The summed E-state index contributed by atoms with van der Waals surface area (Å²) in [6.45, 7) is 4.07. The molecule has 0 fully saturated rings. The van der Waals surface area contributed by atoms with Crippen LogP contribution in [0, 0.1) is 6.92 Å². The molecule has 0 aliphatic rings. The molecule has 152 valence electrons. The molecule has 0 bridgehead atoms. The zero-order valence-corrected chi connectivity index (χ0v) is 16.9. The highest BCUT2D eigenvalue weighted by atomic mass is 16.5. The summed E-state index contributed by atoms with van der Waals surface area (Å²) in [5.41, 5.74) is 3.86. The SMILES string of the molecule is CCc1ccc(NC(=O)CCc2nc(-c3cc4cc(C)ccc4[nH]c3=O)no2)cc1. The van der Waals surface area contributed by atoms with Gasteiger partial charge in [0.05, 0.1) is 5.56 Å². The van der Waals surface area contributed by atoms with E-state index in [4.69, 9.17) is 4.52 Å². The van der Waals surface area contributed by atoms with Crippen LogP contribution in [0.1, 0.15) is 30.4 Å². The van der Waals surface area contributed by atoms with Crippen molar-refractivity contribution in [3.63, 3.8) is 0 Å². The van der Waals surface area contributed by atoms with Crippen LogP contribution in [0.3, 0.4) is 0 Å². The number of nitrogens with one attached hydrogen (secondary N) is 2. The van der Waals surface area contributed by atoms with Crippen molar-refractivity contribution in [3.8, 4) is 11.4 Å². The Labute approximate surface area is 173 Å². The van der Waals surface area contributed by atoms with Crippen molar-refractivity contribution in [3.05, 3.63) is 75.9 Å². The Balaban J connectivity index is 1.44. The van der Waals surface area contributed by atoms with Crippen molar-refractivity contribution in [2.75, 3.05) is 5.32 Å². The molecular formula is C23H22N4O3. The van der Waals surface area contributed by atoms with Gasteiger partial charge in [0.25, 0.3) is 5.56 Å². The van der Waals surface area contributed by atoms with Crippen LogP contribution >= 0.6 is 0 Å². The molecule has 7 heteroatoms. The lowest BCUT2D eigenvalue weighted by Gasteiger charge is -2.05. The number of anilines is 1. The van der Waals surface area contributed by atoms with E-state index < -0.39 is 0 Å². The maximum Gasteiger partial charge on any atom is 0.259 e. The van der Waals surface area contributed by atoms with Gasteiger partial charge in [0, 0.05) is 24.0 Å². The number of aryl methyl sites for hydroxylation is 3. The molecule has 4 rings (SSSR count). The number of carbonyl (C=O) groups is 1. The van der Waals surface area contributed by atoms with Gasteiger partial charge in [0.1, 0.15) is 0 Å². The average molecular weight is 402 g/mol. The maximum atomic E-state index is 12.4. The third-order valence-corrected chi connectivity index (χ3v) is 4.92. The fraction of sp³-hybridized carbons (Fsp3) is 0.217. The van der Waals surface area contributed by atoms with Gasteiger partial charge in [-0.05, 0) is 54.6 Å². The number of carbonyl (C=O) groups excluding carboxylic acids is 1. The first-order chi connectivity index (χ1) is 14.5. The van der Waals surface area contributed by atoms with E-state index in [0.717, 1.165) is 28.6 Å². The number of benzene rings is 2. The Hall–Kier alpha value is -3.74. The van der Waals surface area contributed by atoms with E-state index in [0.29, 0.717) is 11.5 Å². The minimum Gasteiger partial charge on any atom is -0.339 e. The molecule has 0 saturated carbocycles. The minimum atomic E-state index is -0.285. The third kappa shape index (κ3) is 4.30. The maximum absolute atomic E-state index is 12.4. The molecule has 2 heterocycles. The lowest BCUT2D eigenvalue weighted by Crippen LogP contribution is -2.12. The highest BCUT2D eigenvalue weighted by Gasteiger charge is 2.14. The van der Waals surface area contributed by atoms with E-state index in [1.165, 1.54) is 5.56 Å². The lowest BCUT2D eigenvalue weighted by atomic mass is 10.1. The molecule has 4 aromatic rings. The number of hydrogen-bond acceptors (Lipinski definition) is 5. The van der Waals surface area contributed by atoms with E-state index in [9.17, 15) is 9.59 Å². The quantitative estimate of drug-likeness (QED) is 0.507. The van der Waals surface area contributed by atoms with Crippen molar-refractivity contribution < 1.29 is 9.32 Å². The molecule has 2 aromatic heterocycles. The predicted octanol–water partition coefficient (Wildman–Crippen LogP) is 4.02. The number of amides is 1. The molecule has 30 heavy (non-hydrogen) atoms.